The highest BCUT2D eigenvalue weighted by atomic mass is 16.3. The van der Waals surface area contributed by atoms with Crippen LogP contribution >= 0.6 is 0 Å². The number of carbonyl (C=O) groups excluding carboxylic acids is 1. The molecule has 0 saturated heterocycles. The van der Waals surface area contributed by atoms with Crippen molar-refractivity contribution < 1.29 is 15.0 Å². The number of hydrogen-bond donors (Lipinski definition) is 3. The number of nitrogens with one attached hydrogen (secondary N) is 1. The average Bonchev–Trinajstić information content (AvgIpc) is 2.37. The highest BCUT2D eigenvalue weighted by Gasteiger charge is 2.18. The molecule has 1 heterocycles. The molecule has 1 aromatic rings. The molecular weight excluding hydrogens is 234 g/mol. The van der Waals surface area contributed by atoms with E-state index in [4.69, 9.17) is 5.26 Å². The van der Waals surface area contributed by atoms with E-state index < -0.39 is 12.2 Å². The van der Waals surface area contributed by atoms with E-state index >= 15 is 0 Å². The zero-order valence-corrected chi connectivity index (χ0v) is 10.00. The Balaban J connectivity index is 2.54. The summed E-state index contributed by atoms with van der Waals surface area (Å²) in [7, 11) is 0. The van der Waals surface area contributed by atoms with Crippen molar-refractivity contribution in [1.82, 2.24) is 10.3 Å². The third-order valence-electron chi connectivity index (χ3n) is 2.42. The molecule has 1 aromatic heterocycles. The molecule has 6 nitrogen and oxygen atoms in total. The van der Waals surface area contributed by atoms with Gasteiger partial charge in [0.1, 0.15) is 17.9 Å². The van der Waals surface area contributed by atoms with Crippen LogP contribution in [0.1, 0.15) is 30.7 Å². The van der Waals surface area contributed by atoms with Crippen LogP contribution in [0.15, 0.2) is 18.3 Å². The number of pyridine rings is 1. The van der Waals surface area contributed by atoms with Crippen molar-refractivity contribution in [3.63, 3.8) is 0 Å². The van der Waals surface area contributed by atoms with Crippen LogP contribution < -0.4 is 5.32 Å². The van der Waals surface area contributed by atoms with Gasteiger partial charge in [-0.15, -0.1) is 0 Å². The van der Waals surface area contributed by atoms with Crippen LogP contribution in [0.25, 0.3) is 0 Å². The number of hydrogen-bond acceptors (Lipinski definition) is 5. The van der Waals surface area contributed by atoms with Gasteiger partial charge in [-0.1, -0.05) is 6.07 Å². The van der Waals surface area contributed by atoms with Crippen molar-refractivity contribution in [3.05, 3.63) is 29.6 Å². The maximum Gasteiger partial charge on any atom is 0.216 e. The van der Waals surface area contributed by atoms with Crippen LogP contribution in [0.3, 0.4) is 0 Å². The molecule has 18 heavy (non-hydrogen) atoms. The van der Waals surface area contributed by atoms with E-state index in [1.165, 1.54) is 25.3 Å². The normalized spacial score (nSPS) is 13.4. The minimum Gasteiger partial charge on any atom is -0.390 e. The fraction of sp³-hybridized carbons (Fsp3) is 0.417. The lowest BCUT2D eigenvalue weighted by Gasteiger charge is -2.17. The highest BCUT2D eigenvalue weighted by Crippen LogP contribution is 2.17. The van der Waals surface area contributed by atoms with Crippen molar-refractivity contribution in [1.29, 1.82) is 5.26 Å². The van der Waals surface area contributed by atoms with Gasteiger partial charge in [0.15, 0.2) is 0 Å². The zero-order valence-electron chi connectivity index (χ0n) is 10.00. The lowest BCUT2D eigenvalue weighted by Crippen LogP contribution is -2.27. The molecule has 3 N–H and O–H groups in total. The first-order valence-corrected chi connectivity index (χ1v) is 5.51. The topological polar surface area (TPSA) is 106 Å². The SMILES string of the molecule is CC(=O)NCCC(O)C(O)c1ccc(C#N)nc1. The molecule has 0 spiro atoms. The van der Waals surface area contributed by atoms with E-state index in [1.807, 2.05) is 6.07 Å². The van der Waals surface area contributed by atoms with E-state index in [1.54, 1.807) is 0 Å². The summed E-state index contributed by atoms with van der Waals surface area (Å²) in [5.41, 5.74) is 0.683. The first-order chi connectivity index (χ1) is 8.54. The molecule has 0 bridgehead atoms. The van der Waals surface area contributed by atoms with Gasteiger partial charge in [-0.25, -0.2) is 4.98 Å². The minimum atomic E-state index is -1.08. The first-order valence-electron chi connectivity index (χ1n) is 5.51. The Kier molecular flexibility index (Phi) is 5.24. The summed E-state index contributed by atoms with van der Waals surface area (Å²) in [6, 6.07) is 4.88. The number of aromatic nitrogens is 1. The summed E-state index contributed by atoms with van der Waals surface area (Å²) < 4.78 is 0. The lowest BCUT2D eigenvalue weighted by molar-refractivity contribution is -0.119. The number of aliphatic hydroxyl groups excluding tert-OH is 2. The van der Waals surface area contributed by atoms with Crippen LogP contribution in [-0.2, 0) is 4.79 Å². The smallest absolute Gasteiger partial charge is 0.216 e. The van der Waals surface area contributed by atoms with Gasteiger partial charge in [-0.2, -0.15) is 5.26 Å². The third-order valence-corrected chi connectivity index (χ3v) is 2.42. The summed E-state index contributed by atoms with van der Waals surface area (Å²) in [4.78, 5) is 14.4. The van der Waals surface area contributed by atoms with E-state index in [9.17, 15) is 15.0 Å². The minimum absolute atomic E-state index is 0.184. The van der Waals surface area contributed by atoms with Crippen LogP contribution in [0.4, 0.5) is 0 Å². The quantitative estimate of drug-likeness (QED) is 0.674. The fourth-order valence-electron chi connectivity index (χ4n) is 1.42. The number of nitriles is 1. The summed E-state index contributed by atoms with van der Waals surface area (Å²) >= 11 is 0. The Labute approximate surface area is 105 Å². The van der Waals surface area contributed by atoms with E-state index in [2.05, 4.69) is 10.3 Å². The van der Waals surface area contributed by atoms with Crippen LogP contribution in [0.5, 0.6) is 0 Å². The third kappa shape index (κ3) is 4.13. The fourth-order valence-corrected chi connectivity index (χ4v) is 1.42. The number of amides is 1. The van der Waals surface area contributed by atoms with Gasteiger partial charge in [0, 0.05) is 25.2 Å². The summed E-state index contributed by atoms with van der Waals surface area (Å²) in [5.74, 6) is -0.184. The molecule has 0 aliphatic rings. The van der Waals surface area contributed by atoms with Gasteiger partial charge in [0.2, 0.25) is 5.91 Å². The first kappa shape index (κ1) is 14.1. The maximum atomic E-state index is 10.6. The molecule has 0 aliphatic heterocycles. The number of carbonyl (C=O) groups is 1. The van der Waals surface area contributed by atoms with Gasteiger partial charge in [-0.05, 0) is 12.5 Å². The average molecular weight is 249 g/mol. The molecule has 2 atom stereocenters. The second kappa shape index (κ2) is 6.69. The zero-order chi connectivity index (χ0) is 13.5. The summed E-state index contributed by atoms with van der Waals surface area (Å²) in [5, 5.41) is 30.7. The molecule has 96 valence electrons. The second-order valence-corrected chi connectivity index (χ2v) is 3.87. The van der Waals surface area contributed by atoms with Crippen molar-refractivity contribution >= 4 is 5.91 Å². The van der Waals surface area contributed by atoms with Crippen molar-refractivity contribution in [2.75, 3.05) is 6.54 Å². The van der Waals surface area contributed by atoms with Gasteiger partial charge >= 0.3 is 0 Å². The molecule has 1 amide bonds. The molecule has 2 unspecified atom stereocenters. The summed E-state index contributed by atoms with van der Waals surface area (Å²) in [6.07, 6.45) is -0.489. The molecule has 0 saturated carbocycles. The van der Waals surface area contributed by atoms with Crippen molar-refractivity contribution in [3.8, 4) is 6.07 Å². The van der Waals surface area contributed by atoms with Gasteiger partial charge < -0.3 is 15.5 Å². The van der Waals surface area contributed by atoms with E-state index in [0.717, 1.165) is 0 Å². The maximum absolute atomic E-state index is 10.6. The van der Waals surface area contributed by atoms with E-state index in [-0.39, 0.29) is 24.6 Å². The molecule has 0 aromatic carbocycles. The molecular formula is C12H15N3O3. The van der Waals surface area contributed by atoms with Crippen LogP contribution in [0, 0.1) is 11.3 Å². The Morgan fingerprint density at radius 2 is 2.28 bits per heavy atom. The number of nitrogens with zero attached hydrogens (tertiary/aromatic N) is 2. The standard InChI is InChI=1S/C12H15N3O3/c1-8(16)14-5-4-11(17)12(18)9-2-3-10(6-13)15-7-9/h2-3,7,11-12,17-18H,4-5H2,1H3,(H,14,16). The second-order valence-electron chi connectivity index (χ2n) is 3.87. The lowest BCUT2D eigenvalue weighted by atomic mass is 10.0. The monoisotopic (exact) mass is 249 g/mol. The van der Waals surface area contributed by atoms with Crippen LogP contribution in [0.2, 0.25) is 0 Å². The number of rotatable bonds is 5. The molecule has 0 radical (unpaired) electrons. The molecule has 0 fully saturated rings. The molecule has 0 aliphatic carbocycles. The Morgan fingerprint density at radius 1 is 1.56 bits per heavy atom. The molecule has 1 rings (SSSR count). The van der Waals surface area contributed by atoms with Gasteiger partial charge in [0.05, 0.1) is 6.10 Å². The Hall–Kier alpha value is -1.97. The Bertz CT molecular complexity index is 439. The number of aliphatic hydroxyl groups is 2. The van der Waals surface area contributed by atoms with Gasteiger partial charge in [-0.3, -0.25) is 4.79 Å². The van der Waals surface area contributed by atoms with Crippen LogP contribution in [-0.4, -0.2) is 33.8 Å². The molecule has 6 heteroatoms. The van der Waals surface area contributed by atoms with Crippen molar-refractivity contribution in [2.45, 2.75) is 25.6 Å². The Morgan fingerprint density at radius 3 is 2.78 bits per heavy atom. The highest BCUT2D eigenvalue weighted by molar-refractivity contribution is 5.72. The van der Waals surface area contributed by atoms with Gasteiger partial charge in [0.25, 0.3) is 0 Å². The predicted molar refractivity (Wildman–Crippen MR) is 63.2 cm³/mol. The van der Waals surface area contributed by atoms with E-state index in [0.29, 0.717) is 5.56 Å². The predicted octanol–water partition coefficient (Wildman–Crippen LogP) is -0.126. The summed E-state index contributed by atoms with van der Waals surface area (Å²) in [6.45, 7) is 1.67. The van der Waals surface area contributed by atoms with Crippen molar-refractivity contribution in [2.24, 2.45) is 0 Å². The largest absolute Gasteiger partial charge is 0.390 e.